The summed E-state index contributed by atoms with van der Waals surface area (Å²) in [6, 6.07) is 13.2. The summed E-state index contributed by atoms with van der Waals surface area (Å²) >= 11 is 5.16. The second-order valence-corrected chi connectivity index (χ2v) is 5.00. The van der Waals surface area contributed by atoms with E-state index in [1.807, 2.05) is 6.07 Å². The van der Waals surface area contributed by atoms with E-state index in [1.54, 1.807) is 24.3 Å². The average molecular weight is 275 g/mol. The molecule has 100 valence electrons. The van der Waals surface area contributed by atoms with Crippen LogP contribution in [0.4, 0.5) is 0 Å². The fourth-order valence-electron chi connectivity index (χ4n) is 1.67. The van der Waals surface area contributed by atoms with E-state index in [0.29, 0.717) is 5.56 Å². The van der Waals surface area contributed by atoms with E-state index < -0.39 is 5.24 Å². The lowest BCUT2D eigenvalue weighted by Crippen LogP contribution is -1.86. The number of rotatable bonds is 1. The van der Waals surface area contributed by atoms with E-state index in [9.17, 15) is 4.79 Å². The molecule has 0 aliphatic heterocycles. The van der Waals surface area contributed by atoms with Crippen molar-refractivity contribution >= 4 is 16.8 Å². The SMILES string of the molecule is Cc1cc(C)c(C)cc1C.O=C(Cl)c1ccccc1. The fourth-order valence-corrected chi connectivity index (χ4v) is 1.80. The largest absolute Gasteiger partial charge is 0.276 e. The minimum absolute atomic E-state index is 0.407. The third kappa shape index (κ3) is 4.88. The molecule has 0 N–H and O–H groups in total. The van der Waals surface area contributed by atoms with E-state index in [4.69, 9.17) is 11.6 Å². The molecule has 2 heteroatoms. The van der Waals surface area contributed by atoms with Gasteiger partial charge in [0.15, 0.2) is 0 Å². The van der Waals surface area contributed by atoms with Crippen LogP contribution in [0.5, 0.6) is 0 Å². The summed E-state index contributed by atoms with van der Waals surface area (Å²) in [5, 5.41) is -0.407. The van der Waals surface area contributed by atoms with Crippen LogP contribution in [-0.4, -0.2) is 5.24 Å². The van der Waals surface area contributed by atoms with Gasteiger partial charge in [0, 0.05) is 5.56 Å². The van der Waals surface area contributed by atoms with Crippen molar-refractivity contribution in [1.29, 1.82) is 0 Å². The summed E-state index contributed by atoms with van der Waals surface area (Å²) in [5.74, 6) is 0. The monoisotopic (exact) mass is 274 g/mol. The molecule has 0 aromatic heterocycles. The van der Waals surface area contributed by atoms with Crippen molar-refractivity contribution in [3.8, 4) is 0 Å². The van der Waals surface area contributed by atoms with E-state index in [1.165, 1.54) is 22.3 Å². The lowest BCUT2D eigenvalue weighted by Gasteiger charge is -2.04. The molecule has 0 saturated heterocycles. The van der Waals surface area contributed by atoms with E-state index in [2.05, 4.69) is 39.8 Å². The minimum atomic E-state index is -0.407. The minimum Gasteiger partial charge on any atom is -0.276 e. The number of halogens is 1. The molecule has 2 aromatic rings. The van der Waals surface area contributed by atoms with E-state index in [-0.39, 0.29) is 0 Å². The van der Waals surface area contributed by atoms with Gasteiger partial charge in [0.1, 0.15) is 0 Å². The lowest BCUT2D eigenvalue weighted by molar-refractivity contribution is 0.108. The summed E-state index contributed by atoms with van der Waals surface area (Å²) in [5.41, 5.74) is 6.11. The van der Waals surface area contributed by atoms with Gasteiger partial charge in [0.2, 0.25) is 0 Å². The Hall–Kier alpha value is -1.60. The zero-order valence-corrected chi connectivity index (χ0v) is 12.6. The normalized spacial score (nSPS) is 9.53. The first-order valence-corrected chi connectivity index (χ1v) is 6.59. The van der Waals surface area contributed by atoms with Crippen molar-refractivity contribution in [2.45, 2.75) is 27.7 Å². The topological polar surface area (TPSA) is 17.1 Å². The molecule has 0 spiro atoms. The summed E-state index contributed by atoms with van der Waals surface area (Å²) < 4.78 is 0. The van der Waals surface area contributed by atoms with Crippen LogP contribution in [0.2, 0.25) is 0 Å². The molecule has 0 heterocycles. The van der Waals surface area contributed by atoms with Crippen LogP contribution in [0.3, 0.4) is 0 Å². The lowest BCUT2D eigenvalue weighted by atomic mass is 10.0. The Balaban J connectivity index is 0.000000191. The molecule has 0 amide bonds. The molecule has 19 heavy (non-hydrogen) atoms. The van der Waals surface area contributed by atoms with Crippen LogP contribution >= 0.6 is 11.6 Å². The van der Waals surface area contributed by atoms with Crippen LogP contribution in [0.25, 0.3) is 0 Å². The highest BCUT2D eigenvalue weighted by Crippen LogP contribution is 2.13. The first-order chi connectivity index (χ1) is 8.91. The highest BCUT2D eigenvalue weighted by atomic mass is 35.5. The predicted octanol–water partition coefficient (Wildman–Crippen LogP) is 4.99. The summed E-state index contributed by atoms with van der Waals surface area (Å²) in [4.78, 5) is 10.4. The Kier molecular flexibility index (Phi) is 5.78. The highest BCUT2D eigenvalue weighted by molar-refractivity contribution is 6.67. The molecular formula is C17H19ClO. The van der Waals surface area contributed by atoms with Gasteiger partial charge in [0.05, 0.1) is 0 Å². The number of carbonyl (C=O) groups is 1. The summed E-state index contributed by atoms with van der Waals surface area (Å²) in [7, 11) is 0. The van der Waals surface area contributed by atoms with Gasteiger partial charge >= 0.3 is 0 Å². The first-order valence-electron chi connectivity index (χ1n) is 6.21. The maximum atomic E-state index is 10.4. The zero-order chi connectivity index (χ0) is 14.4. The standard InChI is InChI=1S/C10H14.C7H5ClO/c1-7-5-9(3)10(4)6-8(7)2;8-7(9)6-4-2-1-3-5-6/h5-6H,1-4H3;1-5H. The van der Waals surface area contributed by atoms with E-state index in [0.717, 1.165) is 0 Å². The van der Waals surface area contributed by atoms with Gasteiger partial charge in [-0.3, -0.25) is 4.79 Å². The number of hydrogen-bond acceptors (Lipinski definition) is 1. The molecule has 0 aliphatic rings. The predicted molar refractivity (Wildman–Crippen MR) is 82.0 cm³/mol. The van der Waals surface area contributed by atoms with E-state index >= 15 is 0 Å². The Labute approximate surface area is 120 Å². The number of carbonyl (C=O) groups excluding carboxylic acids is 1. The van der Waals surface area contributed by atoms with Crippen LogP contribution < -0.4 is 0 Å². The van der Waals surface area contributed by atoms with Crippen molar-refractivity contribution in [1.82, 2.24) is 0 Å². The maximum absolute atomic E-state index is 10.4. The van der Waals surface area contributed by atoms with Crippen molar-refractivity contribution < 1.29 is 4.79 Å². The molecule has 2 rings (SSSR count). The Morgan fingerprint density at radius 3 is 1.42 bits per heavy atom. The van der Waals surface area contributed by atoms with Gasteiger partial charge in [-0.05, 0) is 61.5 Å². The third-order valence-corrected chi connectivity index (χ3v) is 3.33. The summed E-state index contributed by atoms with van der Waals surface area (Å²) in [6.45, 7) is 8.62. The quantitative estimate of drug-likeness (QED) is 0.670. The highest BCUT2D eigenvalue weighted by Gasteiger charge is 1.96. The molecule has 1 nitrogen and oxygen atoms in total. The first kappa shape index (κ1) is 15.5. The van der Waals surface area contributed by atoms with Gasteiger partial charge in [-0.1, -0.05) is 42.5 Å². The second-order valence-electron chi connectivity index (χ2n) is 4.66. The molecular weight excluding hydrogens is 256 g/mol. The van der Waals surface area contributed by atoms with Crippen molar-refractivity contribution in [2.75, 3.05) is 0 Å². The van der Waals surface area contributed by atoms with Crippen LogP contribution in [0.15, 0.2) is 42.5 Å². The van der Waals surface area contributed by atoms with Gasteiger partial charge in [0.25, 0.3) is 5.24 Å². The Morgan fingerprint density at radius 1 is 0.789 bits per heavy atom. The van der Waals surface area contributed by atoms with Crippen molar-refractivity contribution in [3.05, 3.63) is 70.3 Å². The molecule has 0 saturated carbocycles. The number of hydrogen-bond donors (Lipinski definition) is 0. The molecule has 0 atom stereocenters. The molecule has 0 fully saturated rings. The second kappa shape index (κ2) is 7.10. The van der Waals surface area contributed by atoms with Gasteiger partial charge in [-0.15, -0.1) is 0 Å². The smallest absolute Gasteiger partial charge is 0.252 e. The molecule has 0 bridgehead atoms. The zero-order valence-electron chi connectivity index (χ0n) is 11.8. The third-order valence-electron chi connectivity index (χ3n) is 3.11. The molecule has 0 radical (unpaired) electrons. The van der Waals surface area contributed by atoms with Gasteiger partial charge in [-0.2, -0.15) is 0 Å². The van der Waals surface area contributed by atoms with Gasteiger partial charge in [-0.25, -0.2) is 0 Å². The average Bonchev–Trinajstić information content (AvgIpc) is 2.38. The summed E-state index contributed by atoms with van der Waals surface area (Å²) in [6.07, 6.45) is 0. The molecule has 2 aromatic carbocycles. The fraction of sp³-hybridized carbons (Fsp3) is 0.235. The van der Waals surface area contributed by atoms with Crippen molar-refractivity contribution in [3.63, 3.8) is 0 Å². The van der Waals surface area contributed by atoms with Crippen LogP contribution in [0.1, 0.15) is 32.6 Å². The number of benzene rings is 2. The van der Waals surface area contributed by atoms with Crippen molar-refractivity contribution in [2.24, 2.45) is 0 Å². The van der Waals surface area contributed by atoms with Crippen LogP contribution in [-0.2, 0) is 0 Å². The van der Waals surface area contributed by atoms with Crippen LogP contribution in [0, 0.1) is 27.7 Å². The van der Waals surface area contributed by atoms with Gasteiger partial charge < -0.3 is 0 Å². The Bertz CT molecular complexity index is 509. The maximum Gasteiger partial charge on any atom is 0.252 e. The molecule has 0 aliphatic carbocycles. The number of aryl methyl sites for hydroxylation is 4. The Morgan fingerprint density at radius 2 is 1.16 bits per heavy atom. The molecule has 0 unspecified atom stereocenters.